The molecule has 114 valence electrons. The van der Waals surface area contributed by atoms with Gasteiger partial charge in [0.15, 0.2) is 5.03 Å². The highest BCUT2D eigenvalue weighted by Crippen LogP contribution is 2.17. The maximum absolute atomic E-state index is 11.4. The van der Waals surface area contributed by atoms with E-state index in [9.17, 15) is 8.42 Å². The molecular weight excluding hydrogens is 314 g/mol. The number of nitrogens with zero attached hydrogens (tertiary/aromatic N) is 3. The highest BCUT2D eigenvalue weighted by Gasteiger charge is 2.17. The molecule has 21 heavy (non-hydrogen) atoms. The Morgan fingerprint density at radius 3 is 2.71 bits per heavy atom. The molecule has 0 bridgehead atoms. The van der Waals surface area contributed by atoms with Gasteiger partial charge in [-0.2, -0.15) is 0 Å². The molecule has 0 aliphatic carbocycles. The Morgan fingerprint density at radius 1 is 1.33 bits per heavy atom. The van der Waals surface area contributed by atoms with Crippen molar-refractivity contribution < 1.29 is 13.2 Å². The average molecular weight is 330 g/mol. The van der Waals surface area contributed by atoms with E-state index >= 15 is 0 Å². The predicted octanol–water partition coefficient (Wildman–Crippen LogP) is 2.21. The van der Waals surface area contributed by atoms with Gasteiger partial charge in [-0.25, -0.2) is 18.4 Å². The largest absolute Gasteiger partial charge is 0.481 e. The molecule has 0 unspecified atom stereocenters. The monoisotopic (exact) mass is 329 g/mol. The summed E-state index contributed by atoms with van der Waals surface area (Å²) in [5.41, 5.74) is 0.752. The van der Waals surface area contributed by atoms with E-state index in [4.69, 9.17) is 15.4 Å². The summed E-state index contributed by atoms with van der Waals surface area (Å²) in [4.78, 5) is 8.40. The van der Waals surface area contributed by atoms with Crippen molar-refractivity contribution in [1.82, 2.24) is 14.5 Å². The average Bonchev–Trinajstić information content (AvgIpc) is 2.83. The summed E-state index contributed by atoms with van der Waals surface area (Å²) in [7, 11) is 3.07. The van der Waals surface area contributed by atoms with E-state index in [1.165, 1.54) is 6.20 Å². The number of aromatic nitrogens is 3. The van der Waals surface area contributed by atoms with Crippen LogP contribution in [0.1, 0.15) is 24.9 Å². The second-order valence-electron chi connectivity index (χ2n) is 4.48. The maximum Gasteiger partial charge on any atom is 0.280 e. The number of aryl methyl sites for hydroxylation is 1. The molecule has 0 fully saturated rings. The number of imidazole rings is 1. The molecule has 8 heteroatoms. The Morgan fingerprint density at radius 2 is 2.10 bits per heavy atom. The van der Waals surface area contributed by atoms with Gasteiger partial charge in [0.2, 0.25) is 5.88 Å². The summed E-state index contributed by atoms with van der Waals surface area (Å²) < 4.78 is 29.6. The number of hydrogen-bond acceptors (Lipinski definition) is 5. The Bertz CT molecular complexity index is 728. The van der Waals surface area contributed by atoms with Crippen LogP contribution in [0.3, 0.4) is 0 Å². The molecule has 2 aromatic heterocycles. The second kappa shape index (κ2) is 6.44. The summed E-state index contributed by atoms with van der Waals surface area (Å²) in [6.45, 7) is 2.41. The fourth-order valence-corrected chi connectivity index (χ4v) is 2.63. The van der Waals surface area contributed by atoms with Gasteiger partial charge in [-0.3, -0.25) is 0 Å². The molecule has 0 aromatic carbocycles. The molecule has 0 spiro atoms. The topological polar surface area (TPSA) is 74.1 Å². The Balaban J connectivity index is 2.35. The summed E-state index contributed by atoms with van der Waals surface area (Å²) in [5.74, 6) is 1.18. The zero-order valence-corrected chi connectivity index (χ0v) is 13.4. The molecule has 0 atom stereocenters. The lowest BCUT2D eigenvalue weighted by atomic mass is 10.3. The van der Waals surface area contributed by atoms with Crippen LogP contribution in [-0.2, 0) is 22.0 Å². The van der Waals surface area contributed by atoms with Gasteiger partial charge in [-0.15, -0.1) is 0 Å². The Kier molecular flexibility index (Phi) is 4.84. The van der Waals surface area contributed by atoms with Gasteiger partial charge < -0.3 is 9.30 Å². The van der Waals surface area contributed by atoms with Crippen LogP contribution in [0.4, 0.5) is 0 Å². The summed E-state index contributed by atoms with van der Waals surface area (Å²) in [5, 5.41) is -0.129. The summed E-state index contributed by atoms with van der Waals surface area (Å²) in [6.07, 6.45) is 2.95. The van der Waals surface area contributed by atoms with Gasteiger partial charge in [-0.1, -0.05) is 13.0 Å². The fraction of sp³-hybridized carbons (Fsp3) is 0.385. The minimum absolute atomic E-state index is 0.129. The van der Waals surface area contributed by atoms with Crippen LogP contribution in [-0.4, -0.2) is 30.1 Å². The van der Waals surface area contributed by atoms with E-state index in [0.717, 1.165) is 12.1 Å². The first-order chi connectivity index (χ1) is 9.94. The second-order valence-corrected chi connectivity index (χ2v) is 7.00. The van der Waals surface area contributed by atoms with Crippen molar-refractivity contribution in [2.75, 3.05) is 7.11 Å². The highest BCUT2D eigenvalue weighted by molar-refractivity contribution is 8.13. The number of rotatable bonds is 6. The Labute approximate surface area is 128 Å². The number of hydrogen-bond donors (Lipinski definition) is 0. The van der Waals surface area contributed by atoms with Crippen LogP contribution in [0.25, 0.3) is 0 Å². The number of methoxy groups -OCH3 is 1. The van der Waals surface area contributed by atoms with Crippen LogP contribution >= 0.6 is 10.7 Å². The molecule has 0 aliphatic heterocycles. The van der Waals surface area contributed by atoms with Crippen molar-refractivity contribution in [1.29, 1.82) is 0 Å². The smallest absolute Gasteiger partial charge is 0.280 e. The third-order valence-electron chi connectivity index (χ3n) is 2.88. The number of ether oxygens (including phenoxy) is 1. The Hall–Kier alpha value is -1.60. The van der Waals surface area contributed by atoms with E-state index in [-0.39, 0.29) is 5.03 Å². The van der Waals surface area contributed by atoms with Crippen molar-refractivity contribution in [3.8, 4) is 5.88 Å². The summed E-state index contributed by atoms with van der Waals surface area (Å²) in [6, 6.07) is 5.42. The molecule has 6 nitrogen and oxygen atoms in total. The van der Waals surface area contributed by atoms with Crippen molar-refractivity contribution in [3.63, 3.8) is 0 Å². The normalized spacial score (nSPS) is 11.6. The first-order valence-electron chi connectivity index (χ1n) is 6.44. The van der Waals surface area contributed by atoms with Gasteiger partial charge in [0, 0.05) is 29.4 Å². The van der Waals surface area contributed by atoms with Crippen molar-refractivity contribution in [3.05, 3.63) is 35.9 Å². The molecule has 0 amide bonds. The van der Waals surface area contributed by atoms with E-state index < -0.39 is 9.05 Å². The quantitative estimate of drug-likeness (QED) is 0.760. The zero-order chi connectivity index (χ0) is 15.5. The lowest BCUT2D eigenvalue weighted by Crippen LogP contribution is -2.06. The van der Waals surface area contributed by atoms with Crippen LogP contribution in [0.2, 0.25) is 0 Å². The van der Waals surface area contributed by atoms with Crippen molar-refractivity contribution in [2.45, 2.75) is 31.3 Å². The molecule has 0 saturated heterocycles. The van der Waals surface area contributed by atoms with Crippen molar-refractivity contribution >= 4 is 19.7 Å². The van der Waals surface area contributed by atoms with Gasteiger partial charge in [-0.05, 0) is 12.5 Å². The third kappa shape index (κ3) is 3.95. The zero-order valence-electron chi connectivity index (χ0n) is 11.8. The van der Waals surface area contributed by atoms with Gasteiger partial charge in [0.05, 0.1) is 19.3 Å². The van der Waals surface area contributed by atoms with Gasteiger partial charge in [0.25, 0.3) is 9.05 Å². The maximum atomic E-state index is 11.4. The molecule has 2 aromatic rings. The molecule has 0 radical (unpaired) electrons. The number of pyridine rings is 1. The minimum Gasteiger partial charge on any atom is -0.481 e. The first kappa shape index (κ1) is 15.8. The van der Waals surface area contributed by atoms with Crippen LogP contribution in [0.15, 0.2) is 29.4 Å². The van der Waals surface area contributed by atoms with E-state index in [1.54, 1.807) is 17.7 Å². The lowest BCUT2D eigenvalue weighted by molar-refractivity contribution is 0.396. The van der Waals surface area contributed by atoms with E-state index in [0.29, 0.717) is 24.7 Å². The summed E-state index contributed by atoms with van der Waals surface area (Å²) >= 11 is 0. The molecule has 0 aliphatic rings. The predicted molar refractivity (Wildman–Crippen MR) is 79.2 cm³/mol. The minimum atomic E-state index is -3.83. The van der Waals surface area contributed by atoms with Gasteiger partial charge >= 0.3 is 0 Å². The van der Waals surface area contributed by atoms with Crippen LogP contribution in [0, 0.1) is 0 Å². The fourth-order valence-electron chi connectivity index (χ4n) is 1.94. The molecule has 2 heterocycles. The first-order valence-corrected chi connectivity index (χ1v) is 8.75. The standard InChI is InChI=1S/C13H16ClN3O3S/c1-3-5-11-16-13(21(14,18)19)9-17(11)8-10-6-4-7-12(15-10)20-2/h4,6-7,9H,3,5,8H2,1-2H3. The van der Waals surface area contributed by atoms with Gasteiger partial charge in [0.1, 0.15) is 5.82 Å². The van der Waals surface area contributed by atoms with E-state index in [2.05, 4.69) is 9.97 Å². The van der Waals surface area contributed by atoms with E-state index in [1.807, 2.05) is 19.1 Å². The van der Waals surface area contributed by atoms with Crippen LogP contribution in [0.5, 0.6) is 5.88 Å². The SMILES string of the molecule is CCCc1nc(S(=O)(=O)Cl)cn1Cc1cccc(OC)n1. The van der Waals surface area contributed by atoms with Crippen LogP contribution < -0.4 is 4.74 Å². The molecule has 0 N–H and O–H groups in total. The van der Waals surface area contributed by atoms with Crippen molar-refractivity contribution in [2.24, 2.45) is 0 Å². The highest BCUT2D eigenvalue weighted by atomic mass is 35.7. The molecule has 0 saturated carbocycles. The lowest BCUT2D eigenvalue weighted by Gasteiger charge is -2.07. The number of halogens is 1. The third-order valence-corrected chi connectivity index (χ3v) is 4.05. The molecule has 2 rings (SSSR count). The molecular formula is C13H16ClN3O3S.